The third-order valence-electron chi connectivity index (χ3n) is 8.43. The molecule has 1 fully saturated rings. The number of sulfone groups is 1. The second-order valence-corrected chi connectivity index (χ2v) is 14.0. The lowest BCUT2D eigenvalue weighted by atomic mass is 10.0. The van der Waals surface area contributed by atoms with Gasteiger partial charge in [-0.1, -0.05) is 29.8 Å². The van der Waals surface area contributed by atoms with Gasteiger partial charge >= 0.3 is 5.69 Å². The fraction of sp³-hybridized carbons (Fsp3) is 0.419. The molecule has 0 bridgehead atoms. The lowest BCUT2D eigenvalue weighted by molar-refractivity contribution is -0.136. The number of aromatic nitrogens is 2. The summed E-state index contributed by atoms with van der Waals surface area (Å²) in [5, 5.41) is -0.340. The van der Waals surface area contributed by atoms with Gasteiger partial charge in [-0.05, 0) is 48.6 Å². The summed E-state index contributed by atoms with van der Waals surface area (Å²) in [6.45, 7) is 0.408. The number of halogens is 2. The van der Waals surface area contributed by atoms with E-state index in [4.69, 9.17) is 16.3 Å². The summed E-state index contributed by atoms with van der Waals surface area (Å²) in [6, 6.07) is 9.58. The Hall–Kier alpha value is -3.97. The van der Waals surface area contributed by atoms with E-state index in [1.807, 2.05) is 23.1 Å². The van der Waals surface area contributed by atoms with Gasteiger partial charge in [-0.25, -0.2) is 17.6 Å². The molecule has 5 rings (SSSR count). The fourth-order valence-electron chi connectivity index (χ4n) is 5.94. The van der Waals surface area contributed by atoms with Crippen LogP contribution in [0.3, 0.4) is 0 Å². The number of hydrogen-bond donors (Lipinski definition) is 0. The minimum Gasteiger partial charge on any atom is -0.497 e. The van der Waals surface area contributed by atoms with Crippen LogP contribution in [0, 0.1) is 5.82 Å². The number of rotatable bonds is 8. The van der Waals surface area contributed by atoms with Crippen molar-refractivity contribution >= 4 is 33.3 Å². The van der Waals surface area contributed by atoms with Crippen LogP contribution >= 0.6 is 11.6 Å². The number of methoxy groups -OCH3 is 1. The molecule has 1 saturated heterocycles. The summed E-state index contributed by atoms with van der Waals surface area (Å²) in [7, 11) is -1.94. The number of nitrogens with zero attached hydrogens (tertiary/aromatic N) is 4. The molecule has 240 valence electrons. The van der Waals surface area contributed by atoms with E-state index in [9.17, 15) is 32.0 Å². The molecular weight excluding hydrogens is 627 g/mol. The Balaban J connectivity index is 1.33. The number of piperidine rings is 1. The Morgan fingerprint density at radius 3 is 2.47 bits per heavy atom. The minimum atomic E-state index is -3.54. The summed E-state index contributed by atoms with van der Waals surface area (Å²) in [6.07, 6.45) is 4.26. The van der Waals surface area contributed by atoms with E-state index in [1.165, 1.54) is 12.1 Å². The molecule has 2 aliphatic heterocycles. The lowest BCUT2D eigenvalue weighted by Crippen LogP contribution is -2.50. The highest BCUT2D eigenvalue weighted by atomic mass is 35.5. The third-order valence-corrected chi connectivity index (χ3v) is 9.73. The molecule has 0 unspecified atom stereocenters. The molecule has 0 spiro atoms. The molecule has 1 aromatic heterocycles. The van der Waals surface area contributed by atoms with Crippen LogP contribution in [0.4, 0.5) is 4.39 Å². The quantitative estimate of drug-likeness (QED) is 0.362. The maximum atomic E-state index is 14.3. The molecule has 2 amide bonds. The van der Waals surface area contributed by atoms with Crippen molar-refractivity contribution in [2.75, 3.05) is 38.8 Å². The molecule has 3 heterocycles. The number of likely N-dealkylation sites (tertiary alicyclic amines) is 1. The Labute approximate surface area is 264 Å². The van der Waals surface area contributed by atoms with Crippen molar-refractivity contribution in [1.29, 1.82) is 0 Å². The Bertz CT molecular complexity index is 1870. The van der Waals surface area contributed by atoms with Crippen molar-refractivity contribution in [2.45, 2.75) is 44.8 Å². The molecule has 2 aliphatic rings. The van der Waals surface area contributed by atoms with E-state index in [1.54, 1.807) is 12.0 Å². The van der Waals surface area contributed by atoms with E-state index in [0.717, 1.165) is 44.5 Å². The summed E-state index contributed by atoms with van der Waals surface area (Å²) in [4.78, 5) is 56.7. The highest BCUT2D eigenvalue weighted by molar-refractivity contribution is 7.90. The van der Waals surface area contributed by atoms with E-state index < -0.39 is 45.7 Å². The molecule has 3 aromatic rings. The summed E-state index contributed by atoms with van der Waals surface area (Å²) < 4.78 is 45.0. The predicted molar refractivity (Wildman–Crippen MR) is 167 cm³/mol. The zero-order valence-electron chi connectivity index (χ0n) is 25.0. The van der Waals surface area contributed by atoms with Crippen LogP contribution in [0.5, 0.6) is 5.75 Å². The van der Waals surface area contributed by atoms with Crippen LogP contribution in [-0.4, -0.2) is 84.0 Å². The topological polar surface area (TPSA) is 128 Å². The van der Waals surface area contributed by atoms with Gasteiger partial charge in [0.15, 0.2) is 0 Å². The summed E-state index contributed by atoms with van der Waals surface area (Å²) in [5.74, 6) is -0.869. The van der Waals surface area contributed by atoms with Crippen molar-refractivity contribution < 1.29 is 27.1 Å². The van der Waals surface area contributed by atoms with E-state index >= 15 is 0 Å². The number of fused-ring (bicyclic) bond motifs is 1. The van der Waals surface area contributed by atoms with Gasteiger partial charge in [0.25, 0.3) is 5.56 Å². The van der Waals surface area contributed by atoms with Crippen LogP contribution in [0.1, 0.15) is 24.0 Å². The number of hydrogen-bond acceptors (Lipinski definition) is 7. The Morgan fingerprint density at radius 1 is 1.04 bits per heavy atom. The van der Waals surface area contributed by atoms with E-state index in [0.29, 0.717) is 45.3 Å². The first kappa shape index (κ1) is 32.4. The molecule has 14 heteroatoms. The first-order chi connectivity index (χ1) is 21.4. The van der Waals surface area contributed by atoms with Gasteiger partial charge in [0.1, 0.15) is 27.9 Å². The van der Waals surface area contributed by atoms with Gasteiger partial charge in [-0.15, -0.1) is 0 Å². The molecular formula is C31H34ClFN4O7S. The second-order valence-electron chi connectivity index (χ2n) is 11.4. The Kier molecular flexibility index (Phi) is 9.49. The number of amides is 2. The largest absolute Gasteiger partial charge is 0.497 e. The van der Waals surface area contributed by atoms with Gasteiger partial charge in [0.2, 0.25) is 11.8 Å². The van der Waals surface area contributed by atoms with Gasteiger partial charge in [0.05, 0.1) is 29.9 Å². The molecule has 0 radical (unpaired) electrons. The van der Waals surface area contributed by atoms with Gasteiger partial charge in [-0.3, -0.25) is 23.5 Å². The van der Waals surface area contributed by atoms with Crippen LogP contribution in [0.2, 0.25) is 5.02 Å². The minimum absolute atomic E-state index is 0.0134. The molecule has 2 aromatic carbocycles. The number of ether oxygens (including phenoxy) is 1. The summed E-state index contributed by atoms with van der Waals surface area (Å²) >= 11 is 6.14. The maximum Gasteiger partial charge on any atom is 0.331 e. The maximum absolute atomic E-state index is 14.3. The van der Waals surface area contributed by atoms with Crippen molar-refractivity contribution in [3.8, 4) is 16.9 Å². The number of carbonyl (C=O) groups is 2. The van der Waals surface area contributed by atoms with Gasteiger partial charge in [-0.2, -0.15) is 0 Å². The van der Waals surface area contributed by atoms with Gasteiger partial charge in [0, 0.05) is 50.2 Å². The number of carbonyl (C=O) groups excluding carboxylic acids is 2. The molecule has 11 nitrogen and oxygen atoms in total. The van der Waals surface area contributed by atoms with Crippen LogP contribution < -0.4 is 16.0 Å². The SMILES string of the molecule is COc1ccc2c(c1)CCN(C1CCN(C(=O)Cn3cc(-c4cccc(F)c4Cl)c(=O)n(CCS(C)(=O)=O)c3=O)CC1)C(=O)C2. The first-order valence-corrected chi connectivity index (χ1v) is 17.0. The summed E-state index contributed by atoms with van der Waals surface area (Å²) in [5.41, 5.74) is 0.230. The highest BCUT2D eigenvalue weighted by Crippen LogP contribution is 2.28. The molecule has 45 heavy (non-hydrogen) atoms. The normalized spacial score (nSPS) is 16.0. The third kappa shape index (κ3) is 7.14. The van der Waals surface area contributed by atoms with Crippen molar-refractivity contribution in [1.82, 2.24) is 18.9 Å². The van der Waals surface area contributed by atoms with Crippen LogP contribution in [-0.2, 0) is 45.4 Å². The molecule has 0 atom stereocenters. The Morgan fingerprint density at radius 2 is 1.78 bits per heavy atom. The monoisotopic (exact) mass is 660 g/mol. The smallest absolute Gasteiger partial charge is 0.331 e. The zero-order valence-corrected chi connectivity index (χ0v) is 26.6. The molecule has 0 aliphatic carbocycles. The van der Waals surface area contributed by atoms with Gasteiger partial charge < -0.3 is 14.5 Å². The first-order valence-electron chi connectivity index (χ1n) is 14.6. The second kappa shape index (κ2) is 13.2. The predicted octanol–water partition coefficient (Wildman–Crippen LogP) is 2.14. The highest BCUT2D eigenvalue weighted by Gasteiger charge is 2.32. The molecule has 0 saturated carbocycles. The van der Waals surface area contributed by atoms with Crippen LogP contribution in [0.15, 0.2) is 52.2 Å². The van der Waals surface area contributed by atoms with Crippen molar-refractivity contribution in [3.05, 3.63) is 85.4 Å². The average Bonchev–Trinajstić information content (AvgIpc) is 3.17. The van der Waals surface area contributed by atoms with Crippen molar-refractivity contribution in [3.63, 3.8) is 0 Å². The average molecular weight is 661 g/mol. The number of benzene rings is 2. The molecule has 0 N–H and O–H groups in total. The van der Waals surface area contributed by atoms with Crippen molar-refractivity contribution in [2.24, 2.45) is 0 Å². The zero-order chi connectivity index (χ0) is 32.5. The lowest BCUT2D eigenvalue weighted by Gasteiger charge is -2.38. The van der Waals surface area contributed by atoms with E-state index in [-0.39, 0.29) is 34.0 Å². The fourth-order valence-corrected chi connectivity index (χ4v) is 6.68. The van der Waals surface area contributed by atoms with E-state index in [2.05, 4.69) is 0 Å². The standard InChI is InChI=1S/C31H34ClFN4O7S/c1-44-23-7-6-20-17-27(38)36(13-8-21(20)16-23)22-9-11-34(12-10-22)28(39)19-35-18-25(24-4-3-5-26(33)29(24)32)30(40)37(31(35)41)14-15-45(2,42)43/h3-7,16,18,22H,8-15,17,19H2,1-2H3. The van der Waals surface area contributed by atoms with Crippen LogP contribution in [0.25, 0.3) is 11.1 Å².